The smallest absolute Gasteiger partial charge is 0.287 e. The number of nitrogens with one attached hydrogen (secondary N) is 2. The van der Waals surface area contributed by atoms with Crippen molar-refractivity contribution in [3.05, 3.63) is 52.9 Å². The van der Waals surface area contributed by atoms with Gasteiger partial charge in [-0.3, -0.25) is 9.59 Å². The van der Waals surface area contributed by atoms with Crippen molar-refractivity contribution < 1.29 is 18.7 Å². The summed E-state index contributed by atoms with van der Waals surface area (Å²) in [5, 5.41) is 5.27. The number of hydrogen-bond donors (Lipinski definition) is 2. The molecule has 2 N–H and O–H groups in total. The van der Waals surface area contributed by atoms with Crippen LogP contribution in [0.3, 0.4) is 0 Å². The van der Waals surface area contributed by atoms with Gasteiger partial charge in [0.05, 0.1) is 6.26 Å². The van der Waals surface area contributed by atoms with Crippen molar-refractivity contribution in [3.8, 4) is 5.75 Å². The van der Waals surface area contributed by atoms with E-state index in [1.165, 1.54) is 6.26 Å². The molecule has 0 atom stereocenters. The van der Waals surface area contributed by atoms with Crippen LogP contribution in [-0.2, 0) is 4.79 Å². The lowest BCUT2D eigenvalue weighted by molar-refractivity contribution is -0.123. The normalized spacial score (nSPS) is 10.0. The molecule has 0 aliphatic heterocycles. The molecule has 0 bridgehead atoms. The van der Waals surface area contributed by atoms with Crippen LogP contribution in [0.25, 0.3) is 0 Å². The first-order chi connectivity index (χ1) is 10.6. The summed E-state index contributed by atoms with van der Waals surface area (Å²) in [6.45, 7) is 0.548. The van der Waals surface area contributed by atoms with Gasteiger partial charge in [0.25, 0.3) is 11.8 Å². The molecule has 0 spiro atoms. The van der Waals surface area contributed by atoms with E-state index in [4.69, 9.17) is 9.15 Å². The number of carbonyl (C=O) groups excluding carboxylic acids is 2. The van der Waals surface area contributed by atoms with Gasteiger partial charge in [0.2, 0.25) is 0 Å². The Morgan fingerprint density at radius 2 is 1.82 bits per heavy atom. The molecule has 2 rings (SSSR count). The van der Waals surface area contributed by atoms with Crippen LogP contribution in [0.2, 0.25) is 0 Å². The van der Waals surface area contributed by atoms with Crippen molar-refractivity contribution in [1.82, 2.24) is 10.6 Å². The topological polar surface area (TPSA) is 80.6 Å². The monoisotopic (exact) mass is 366 g/mol. The van der Waals surface area contributed by atoms with Crippen LogP contribution in [0.5, 0.6) is 5.75 Å². The van der Waals surface area contributed by atoms with Gasteiger partial charge in [0.1, 0.15) is 5.75 Å². The summed E-state index contributed by atoms with van der Waals surface area (Å²) >= 11 is 3.32. The first kappa shape index (κ1) is 16.1. The Hall–Kier alpha value is -2.28. The predicted octanol–water partition coefficient (Wildman–Crippen LogP) is 1.97. The second-order valence-corrected chi connectivity index (χ2v) is 5.24. The Balaban J connectivity index is 1.59. The Kier molecular flexibility index (Phi) is 6.02. The van der Waals surface area contributed by atoms with E-state index in [0.29, 0.717) is 18.8 Å². The molecule has 1 aromatic carbocycles. The van der Waals surface area contributed by atoms with Crippen LogP contribution < -0.4 is 15.4 Å². The molecule has 2 aromatic rings. The third-order valence-corrected chi connectivity index (χ3v) is 3.19. The second kappa shape index (κ2) is 8.23. The fraction of sp³-hybridized carbons (Fsp3) is 0.200. The lowest BCUT2D eigenvalue weighted by Gasteiger charge is -2.08. The molecule has 1 aromatic heterocycles. The highest BCUT2D eigenvalue weighted by Crippen LogP contribution is 2.15. The van der Waals surface area contributed by atoms with Crippen molar-refractivity contribution in [2.45, 2.75) is 0 Å². The van der Waals surface area contributed by atoms with E-state index in [9.17, 15) is 9.59 Å². The number of benzene rings is 1. The molecular weight excluding hydrogens is 352 g/mol. The van der Waals surface area contributed by atoms with E-state index in [-0.39, 0.29) is 24.2 Å². The summed E-state index contributed by atoms with van der Waals surface area (Å²) in [5.74, 6) is 0.287. The van der Waals surface area contributed by atoms with E-state index in [2.05, 4.69) is 26.6 Å². The molecule has 0 aliphatic rings. The highest BCUT2D eigenvalue weighted by molar-refractivity contribution is 9.10. The predicted molar refractivity (Wildman–Crippen MR) is 83.7 cm³/mol. The maximum atomic E-state index is 11.6. The summed E-state index contributed by atoms with van der Waals surface area (Å²) in [6.07, 6.45) is 1.43. The molecule has 0 unspecified atom stereocenters. The number of rotatable bonds is 7. The first-order valence-corrected chi connectivity index (χ1v) is 7.41. The van der Waals surface area contributed by atoms with Crippen LogP contribution in [0.4, 0.5) is 0 Å². The first-order valence-electron chi connectivity index (χ1n) is 6.62. The van der Waals surface area contributed by atoms with Crippen LogP contribution in [-0.4, -0.2) is 31.5 Å². The van der Waals surface area contributed by atoms with Crippen LogP contribution in [0.1, 0.15) is 10.6 Å². The molecule has 22 heavy (non-hydrogen) atoms. The van der Waals surface area contributed by atoms with E-state index < -0.39 is 0 Å². The largest absolute Gasteiger partial charge is 0.484 e. The van der Waals surface area contributed by atoms with Gasteiger partial charge in [0, 0.05) is 17.6 Å². The third-order valence-electron chi connectivity index (χ3n) is 2.66. The number of amides is 2. The van der Waals surface area contributed by atoms with Gasteiger partial charge >= 0.3 is 0 Å². The minimum absolute atomic E-state index is 0.0756. The molecule has 116 valence electrons. The zero-order chi connectivity index (χ0) is 15.8. The van der Waals surface area contributed by atoms with Gasteiger partial charge in [-0.05, 0) is 36.4 Å². The lowest BCUT2D eigenvalue weighted by atomic mass is 10.3. The highest BCUT2D eigenvalue weighted by Gasteiger charge is 2.07. The van der Waals surface area contributed by atoms with E-state index >= 15 is 0 Å². The van der Waals surface area contributed by atoms with Crippen LogP contribution in [0.15, 0.2) is 51.6 Å². The maximum Gasteiger partial charge on any atom is 0.287 e. The minimum Gasteiger partial charge on any atom is -0.484 e. The number of furan rings is 1. The number of halogens is 1. The number of carbonyl (C=O) groups is 2. The standard InChI is InChI=1S/C15H15BrN2O4/c16-11-3-5-12(6-4-11)22-10-14(19)17-7-8-18-15(20)13-2-1-9-21-13/h1-6,9H,7-8,10H2,(H,17,19)(H,18,20). The summed E-state index contributed by atoms with van der Waals surface area (Å²) < 4.78 is 11.2. The molecule has 0 aliphatic carbocycles. The van der Waals surface area contributed by atoms with Crippen molar-refractivity contribution in [3.63, 3.8) is 0 Å². The van der Waals surface area contributed by atoms with E-state index in [1.54, 1.807) is 24.3 Å². The second-order valence-electron chi connectivity index (χ2n) is 4.33. The van der Waals surface area contributed by atoms with Gasteiger partial charge in [0.15, 0.2) is 12.4 Å². The van der Waals surface area contributed by atoms with Gasteiger partial charge in [-0.2, -0.15) is 0 Å². The fourth-order valence-electron chi connectivity index (χ4n) is 1.60. The van der Waals surface area contributed by atoms with Crippen molar-refractivity contribution >= 4 is 27.7 Å². The zero-order valence-corrected chi connectivity index (χ0v) is 13.3. The lowest BCUT2D eigenvalue weighted by Crippen LogP contribution is -2.36. The minimum atomic E-state index is -0.314. The number of hydrogen-bond acceptors (Lipinski definition) is 4. The van der Waals surface area contributed by atoms with Crippen molar-refractivity contribution in [2.24, 2.45) is 0 Å². The van der Waals surface area contributed by atoms with Crippen molar-refractivity contribution in [2.75, 3.05) is 19.7 Å². The van der Waals surface area contributed by atoms with Gasteiger partial charge < -0.3 is 19.8 Å². The summed E-state index contributed by atoms with van der Waals surface area (Å²) in [7, 11) is 0. The molecule has 1 heterocycles. The van der Waals surface area contributed by atoms with Gasteiger partial charge in [-0.15, -0.1) is 0 Å². The van der Waals surface area contributed by atoms with Crippen LogP contribution >= 0.6 is 15.9 Å². The maximum absolute atomic E-state index is 11.6. The fourth-order valence-corrected chi connectivity index (χ4v) is 1.87. The molecular formula is C15H15BrN2O4. The molecule has 6 nitrogen and oxygen atoms in total. The molecule has 0 radical (unpaired) electrons. The van der Waals surface area contributed by atoms with Gasteiger partial charge in [-0.1, -0.05) is 15.9 Å². The molecule has 7 heteroatoms. The Morgan fingerprint density at radius 3 is 2.50 bits per heavy atom. The molecule has 0 saturated carbocycles. The average Bonchev–Trinajstić information content (AvgIpc) is 3.05. The highest BCUT2D eigenvalue weighted by atomic mass is 79.9. The average molecular weight is 367 g/mol. The van der Waals surface area contributed by atoms with Crippen molar-refractivity contribution in [1.29, 1.82) is 0 Å². The molecule has 0 saturated heterocycles. The Bertz CT molecular complexity index is 611. The summed E-state index contributed by atoms with van der Waals surface area (Å²) in [6, 6.07) is 10.4. The summed E-state index contributed by atoms with van der Waals surface area (Å²) in [4.78, 5) is 23.1. The number of ether oxygens (including phenoxy) is 1. The molecule has 0 fully saturated rings. The van der Waals surface area contributed by atoms with E-state index in [0.717, 1.165) is 4.47 Å². The Labute approximate surface area is 136 Å². The Morgan fingerprint density at radius 1 is 1.09 bits per heavy atom. The third kappa shape index (κ3) is 5.25. The molecule has 2 amide bonds. The zero-order valence-electron chi connectivity index (χ0n) is 11.7. The quantitative estimate of drug-likeness (QED) is 0.734. The summed E-state index contributed by atoms with van der Waals surface area (Å²) in [5.41, 5.74) is 0. The SMILES string of the molecule is O=C(COc1ccc(Br)cc1)NCCNC(=O)c1ccco1. The van der Waals surface area contributed by atoms with Gasteiger partial charge in [-0.25, -0.2) is 0 Å². The van der Waals surface area contributed by atoms with E-state index in [1.807, 2.05) is 12.1 Å². The van der Waals surface area contributed by atoms with Crippen LogP contribution in [0, 0.1) is 0 Å².